The summed E-state index contributed by atoms with van der Waals surface area (Å²) in [7, 11) is 1.62. The summed E-state index contributed by atoms with van der Waals surface area (Å²) < 4.78 is 5.18. The summed E-state index contributed by atoms with van der Waals surface area (Å²) >= 11 is 0. The van der Waals surface area contributed by atoms with E-state index in [0.29, 0.717) is 6.54 Å². The highest BCUT2D eigenvalue weighted by molar-refractivity contribution is 5.95. The fourth-order valence-electron chi connectivity index (χ4n) is 2.73. The molecule has 134 valence electrons. The van der Waals surface area contributed by atoms with Crippen LogP contribution in [0.15, 0.2) is 60.9 Å². The number of amides is 1. The lowest BCUT2D eigenvalue weighted by Gasteiger charge is -2.18. The average molecular weight is 350 g/mol. The molecule has 1 aromatic heterocycles. The van der Waals surface area contributed by atoms with Crippen molar-refractivity contribution in [3.05, 3.63) is 66.5 Å². The van der Waals surface area contributed by atoms with Crippen molar-refractivity contribution in [2.75, 3.05) is 19.0 Å². The lowest BCUT2D eigenvalue weighted by molar-refractivity contribution is -0.118. The molecule has 1 atom stereocenters. The Morgan fingerprint density at radius 2 is 1.85 bits per heavy atom. The standard InChI is InChI=1S/C20H22N4O2/c1-3-21-19(15-6-10-18(26-2)11-7-15)20(25)24-17-8-4-14(5-9-17)16-12-22-23-13-16/h4-13,19,21H,3H2,1-2H3,(H,22,23)(H,24,25). The Labute approximate surface area is 152 Å². The molecule has 1 amide bonds. The summed E-state index contributed by atoms with van der Waals surface area (Å²) in [6, 6.07) is 14.8. The largest absolute Gasteiger partial charge is 0.497 e. The molecule has 6 nitrogen and oxygen atoms in total. The van der Waals surface area contributed by atoms with E-state index in [2.05, 4.69) is 20.8 Å². The molecule has 0 saturated carbocycles. The van der Waals surface area contributed by atoms with Crippen molar-refractivity contribution in [3.8, 4) is 16.9 Å². The van der Waals surface area contributed by atoms with E-state index in [0.717, 1.165) is 28.1 Å². The van der Waals surface area contributed by atoms with Crippen LogP contribution in [0.3, 0.4) is 0 Å². The maximum atomic E-state index is 12.8. The van der Waals surface area contributed by atoms with Gasteiger partial charge in [0.15, 0.2) is 0 Å². The molecule has 0 bridgehead atoms. The Balaban J connectivity index is 1.72. The third kappa shape index (κ3) is 4.10. The lowest BCUT2D eigenvalue weighted by atomic mass is 10.1. The van der Waals surface area contributed by atoms with E-state index >= 15 is 0 Å². The molecule has 6 heteroatoms. The number of hydrogen-bond acceptors (Lipinski definition) is 4. The third-order valence-electron chi connectivity index (χ3n) is 4.10. The van der Waals surface area contributed by atoms with Crippen LogP contribution < -0.4 is 15.4 Å². The molecule has 0 aliphatic rings. The number of aromatic amines is 1. The average Bonchev–Trinajstić information content (AvgIpc) is 3.21. The first-order valence-electron chi connectivity index (χ1n) is 8.48. The fraction of sp³-hybridized carbons (Fsp3) is 0.200. The van der Waals surface area contributed by atoms with Gasteiger partial charge in [-0.1, -0.05) is 31.2 Å². The molecule has 3 aromatic rings. The Morgan fingerprint density at radius 3 is 2.42 bits per heavy atom. The molecule has 3 rings (SSSR count). The topological polar surface area (TPSA) is 79.0 Å². The Morgan fingerprint density at radius 1 is 1.12 bits per heavy atom. The third-order valence-corrected chi connectivity index (χ3v) is 4.10. The van der Waals surface area contributed by atoms with Gasteiger partial charge in [-0.05, 0) is 41.9 Å². The highest BCUT2D eigenvalue weighted by Gasteiger charge is 2.19. The predicted molar refractivity (Wildman–Crippen MR) is 102 cm³/mol. The lowest BCUT2D eigenvalue weighted by Crippen LogP contribution is -2.32. The minimum atomic E-state index is -0.431. The van der Waals surface area contributed by atoms with Crippen LogP contribution in [0.4, 0.5) is 5.69 Å². The first kappa shape index (κ1) is 17.7. The molecule has 0 aliphatic carbocycles. The number of anilines is 1. The van der Waals surface area contributed by atoms with E-state index in [1.807, 2.05) is 61.7 Å². The highest BCUT2D eigenvalue weighted by atomic mass is 16.5. The zero-order valence-corrected chi connectivity index (χ0v) is 14.8. The van der Waals surface area contributed by atoms with Gasteiger partial charge >= 0.3 is 0 Å². The second-order valence-corrected chi connectivity index (χ2v) is 5.82. The zero-order valence-electron chi connectivity index (χ0n) is 14.8. The van der Waals surface area contributed by atoms with E-state index in [9.17, 15) is 4.79 Å². The van der Waals surface area contributed by atoms with Gasteiger partial charge in [0, 0.05) is 17.4 Å². The number of carbonyl (C=O) groups is 1. The molecule has 26 heavy (non-hydrogen) atoms. The molecule has 3 N–H and O–H groups in total. The van der Waals surface area contributed by atoms with Crippen LogP contribution in [-0.4, -0.2) is 29.8 Å². The van der Waals surface area contributed by atoms with Gasteiger partial charge in [0.2, 0.25) is 5.91 Å². The number of ether oxygens (including phenoxy) is 1. The van der Waals surface area contributed by atoms with Crippen molar-refractivity contribution in [2.45, 2.75) is 13.0 Å². The molecule has 0 radical (unpaired) electrons. The molecule has 0 spiro atoms. The molecule has 0 fully saturated rings. The van der Waals surface area contributed by atoms with Crippen LogP contribution in [-0.2, 0) is 4.79 Å². The van der Waals surface area contributed by atoms with Gasteiger partial charge in [-0.15, -0.1) is 0 Å². The summed E-state index contributed by atoms with van der Waals surface area (Å²) in [6.07, 6.45) is 3.59. The van der Waals surface area contributed by atoms with Gasteiger partial charge in [-0.3, -0.25) is 9.89 Å². The number of carbonyl (C=O) groups excluding carboxylic acids is 1. The van der Waals surface area contributed by atoms with Gasteiger partial charge in [-0.25, -0.2) is 0 Å². The number of benzene rings is 2. The number of aromatic nitrogens is 2. The van der Waals surface area contributed by atoms with E-state index < -0.39 is 6.04 Å². The molecule has 0 aliphatic heterocycles. The number of methoxy groups -OCH3 is 1. The van der Waals surface area contributed by atoms with Crippen molar-refractivity contribution in [1.29, 1.82) is 0 Å². The van der Waals surface area contributed by atoms with Crippen molar-refractivity contribution >= 4 is 11.6 Å². The summed E-state index contributed by atoms with van der Waals surface area (Å²) in [4.78, 5) is 12.8. The number of H-pyrrole nitrogens is 1. The summed E-state index contributed by atoms with van der Waals surface area (Å²) in [5.74, 6) is 0.660. The van der Waals surface area contributed by atoms with Gasteiger partial charge < -0.3 is 15.4 Å². The van der Waals surface area contributed by atoms with Gasteiger partial charge in [-0.2, -0.15) is 5.10 Å². The first-order valence-corrected chi connectivity index (χ1v) is 8.48. The van der Waals surface area contributed by atoms with E-state index in [1.54, 1.807) is 13.3 Å². The number of likely N-dealkylation sites (N-methyl/N-ethyl adjacent to an activating group) is 1. The van der Waals surface area contributed by atoms with E-state index in [1.165, 1.54) is 0 Å². The van der Waals surface area contributed by atoms with Crippen LogP contribution in [0, 0.1) is 0 Å². The second kappa shape index (κ2) is 8.31. The fourth-order valence-corrected chi connectivity index (χ4v) is 2.73. The van der Waals surface area contributed by atoms with Crippen molar-refractivity contribution < 1.29 is 9.53 Å². The Hall–Kier alpha value is -3.12. The van der Waals surface area contributed by atoms with Crippen LogP contribution in [0.1, 0.15) is 18.5 Å². The van der Waals surface area contributed by atoms with Crippen molar-refractivity contribution in [3.63, 3.8) is 0 Å². The molecule has 0 saturated heterocycles. The smallest absolute Gasteiger partial charge is 0.246 e. The normalized spacial score (nSPS) is 11.8. The van der Waals surface area contributed by atoms with E-state index in [4.69, 9.17) is 4.74 Å². The number of nitrogens with one attached hydrogen (secondary N) is 3. The van der Waals surface area contributed by atoms with Crippen LogP contribution in [0.2, 0.25) is 0 Å². The predicted octanol–water partition coefficient (Wildman–Crippen LogP) is 3.37. The maximum Gasteiger partial charge on any atom is 0.246 e. The van der Waals surface area contributed by atoms with Crippen molar-refractivity contribution in [1.82, 2.24) is 15.5 Å². The van der Waals surface area contributed by atoms with Gasteiger partial charge in [0.25, 0.3) is 0 Å². The Bertz CT molecular complexity index is 827. The SMILES string of the molecule is CCNC(C(=O)Nc1ccc(-c2cn[nH]c2)cc1)c1ccc(OC)cc1. The number of nitrogens with zero attached hydrogens (tertiary/aromatic N) is 1. The number of hydrogen-bond donors (Lipinski definition) is 3. The van der Waals surface area contributed by atoms with Crippen LogP contribution in [0.25, 0.3) is 11.1 Å². The highest BCUT2D eigenvalue weighted by Crippen LogP contribution is 2.22. The zero-order chi connectivity index (χ0) is 18.4. The number of rotatable bonds is 7. The summed E-state index contributed by atoms with van der Waals surface area (Å²) in [6.45, 7) is 2.66. The summed E-state index contributed by atoms with van der Waals surface area (Å²) in [5, 5.41) is 12.9. The monoisotopic (exact) mass is 350 g/mol. The van der Waals surface area contributed by atoms with Gasteiger partial charge in [0.05, 0.1) is 13.3 Å². The molecular weight excluding hydrogens is 328 g/mol. The summed E-state index contributed by atoms with van der Waals surface area (Å²) in [5.41, 5.74) is 3.68. The maximum absolute atomic E-state index is 12.8. The van der Waals surface area contributed by atoms with Crippen LogP contribution in [0.5, 0.6) is 5.75 Å². The quantitative estimate of drug-likeness (QED) is 0.610. The Kier molecular flexibility index (Phi) is 5.66. The van der Waals surface area contributed by atoms with Gasteiger partial charge in [0.1, 0.15) is 11.8 Å². The molecule has 2 aromatic carbocycles. The minimum Gasteiger partial charge on any atom is -0.497 e. The van der Waals surface area contributed by atoms with Crippen molar-refractivity contribution in [2.24, 2.45) is 0 Å². The molecular formula is C20H22N4O2. The van der Waals surface area contributed by atoms with E-state index in [-0.39, 0.29) is 5.91 Å². The van der Waals surface area contributed by atoms with Crippen LogP contribution >= 0.6 is 0 Å². The minimum absolute atomic E-state index is 0.104. The first-order chi connectivity index (χ1) is 12.7. The molecule has 1 unspecified atom stereocenters. The second-order valence-electron chi connectivity index (χ2n) is 5.82. The molecule has 1 heterocycles.